The van der Waals surface area contributed by atoms with Gasteiger partial charge in [-0.2, -0.15) is 0 Å². The Bertz CT molecular complexity index is 756. The number of aliphatic hydroxyl groups is 2. The Morgan fingerprint density at radius 3 is 1.40 bits per heavy atom. The Balaban J connectivity index is 3.64. The number of aliphatic hydroxyl groups excluding tert-OH is 2. The molecule has 2 atom stereocenters. The van der Waals surface area contributed by atoms with Crippen molar-refractivity contribution in [2.24, 2.45) is 0 Å². The number of carbonyl (C=O) groups excluding carboxylic acids is 1. The number of carbonyl (C=O) groups is 1. The van der Waals surface area contributed by atoms with Crippen molar-refractivity contribution in [3.05, 3.63) is 48.6 Å². The molecule has 0 saturated heterocycles. The molecule has 0 aromatic rings. The summed E-state index contributed by atoms with van der Waals surface area (Å²) in [6.45, 7) is 4.26. The number of hydrogen-bond acceptors (Lipinski definition) is 3. The van der Waals surface area contributed by atoms with Crippen LogP contribution >= 0.6 is 0 Å². The smallest absolute Gasteiger partial charge is 0.220 e. The molecule has 0 aromatic heterocycles. The molecular formula is C43H79NO3. The predicted molar refractivity (Wildman–Crippen MR) is 207 cm³/mol. The minimum absolute atomic E-state index is 0.0794. The lowest BCUT2D eigenvalue weighted by Crippen LogP contribution is -2.45. The molecule has 0 aromatic carbocycles. The Kier molecular flexibility index (Phi) is 37.4. The molecule has 3 N–H and O–H groups in total. The van der Waals surface area contributed by atoms with E-state index in [-0.39, 0.29) is 12.5 Å². The molecular weight excluding hydrogens is 578 g/mol. The third-order valence-corrected chi connectivity index (χ3v) is 9.06. The predicted octanol–water partition coefficient (Wildman–Crippen LogP) is 12.4. The van der Waals surface area contributed by atoms with Crippen LogP contribution in [0.2, 0.25) is 0 Å². The first-order valence-electron chi connectivity index (χ1n) is 20.4. The minimum Gasteiger partial charge on any atom is -0.394 e. The highest BCUT2D eigenvalue weighted by molar-refractivity contribution is 5.76. The fourth-order valence-corrected chi connectivity index (χ4v) is 5.89. The first-order valence-corrected chi connectivity index (χ1v) is 20.4. The molecule has 0 aliphatic carbocycles. The molecule has 0 aliphatic rings. The van der Waals surface area contributed by atoms with Crippen LogP contribution in [0.1, 0.15) is 200 Å². The lowest BCUT2D eigenvalue weighted by atomic mass is 10.0. The molecule has 4 heteroatoms. The van der Waals surface area contributed by atoms with Gasteiger partial charge in [0.25, 0.3) is 0 Å². The molecule has 0 aliphatic heterocycles. The lowest BCUT2D eigenvalue weighted by molar-refractivity contribution is -0.123. The third kappa shape index (κ3) is 35.5. The zero-order chi connectivity index (χ0) is 34.3. The topological polar surface area (TPSA) is 69.6 Å². The van der Waals surface area contributed by atoms with Crippen molar-refractivity contribution in [2.75, 3.05) is 6.61 Å². The van der Waals surface area contributed by atoms with Crippen molar-refractivity contribution in [3.8, 4) is 0 Å². The summed E-state index contributed by atoms with van der Waals surface area (Å²) in [7, 11) is 0. The van der Waals surface area contributed by atoms with Gasteiger partial charge in [-0.1, -0.05) is 184 Å². The summed E-state index contributed by atoms with van der Waals surface area (Å²) in [5.74, 6) is -0.0794. The van der Waals surface area contributed by atoms with Gasteiger partial charge in [0, 0.05) is 6.42 Å². The van der Waals surface area contributed by atoms with Gasteiger partial charge in [0.15, 0.2) is 0 Å². The molecule has 0 radical (unpaired) electrons. The van der Waals surface area contributed by atoms with Gasteiger partial charge < -0.3 is 15.5 Å². The minimum atomic E-state index is -0.863. The van der Waals surface area contributed by atoms with Crippen LogP contribution in [0.15, 0.2) is 48.6 Å². The van der Waals surface area contributed by atoms with E-state index in [2.05, 4.69) is 55.6 Å². The number of hydrogen-bond donors (Lipinski definition) is 3. The number of unbranched alkanes of at least 4 members (excludes halogenated alkanes) is 24. The average molecular weight is 658 g/mol. The third-order valence-electron chi connectivity index (χ3n) is 9.06. The van der Waals surface area contributed by atoms with E-state index >= 15 is 0 Å². The normalized spacial score (nSPS) is 13.5. The van der Waals surface area contributed by atoms with E-state index in [1.807, 2.05) is 6.08 Å². The maximum atomic E-state index is 12.3. The van der Waals surface area contributed by atoms with Gasteiger partial charge in [0.1, 0.15) is 0 Å². The second-order valence-corrected chi connectivity index (χ2v) is 13.7. The van der Waals surface area contributed by atoms with Crippen molar-refractivity contribution in [1.29, 1.82) is 0 Å². The molecule has 0 fully saturated rings. The first kappa shape index (κ1) is 45.3. The van der Waals surface area contributed by atoms with E-state index in [0.29, 0.717) is 6.42 Å². The van der Waals surface area contributed by atoms with Gasteiger partial charge in [-0.3, -0.25) is 4.79 Å². The van der Waals surface area contributed by atoms with Gasteiger partial charge in [-0.25, -0.2) is 0 Å². The maximum Gasteiger partial charge on any atom is 0.220 e. The molecule has 47 heavy (non-hydrogen) atoms. The van der Waals surface area contributed by atoms with Crippen molar-refractivity contribution >= 4 is 5.91 Å². The van der Waals surface area contributed by atoms with Crippen LogP contribution in [0.5, 0.6) is 0 Å². The van der Waals surface area contributed by atoms with Gasteiger partial charge >= 0.3 is 0 Å². The van der Waals surface area contributed by atoms with Crippen molar-refractivity contribution in [1.82, 2.24) is 5.32 Å². The molecule has 274 valence electrons. The van der Waals surface area contributed by atoms with Gasteiger partial charge in [0.05, 0.1) is 18.8 Å². The van der Waals surface area contributed by atoms with E-state index in [9.17, 15) is 15.0 Å². The number of amides is 1. The number of nitrogens with one attached hydrogen (secondary N) is 1. The standard InChI is InChI=1S/C43H79NO3/c1-3-5-7-9-11-13-15-17-19-21-22-23-25-27-29-31-33-35-37-39-43(47)44-41(40-45)42(46)38-36-34-32-30-28-26-24-20-18-16-14-12-10-8-6-4-2/h11,13,15,17,28,30,36,38,41-42,45-46H,3-10,12,14,16,18-27,29,31-35,37,39-40H2,1-2H3,(H,44,47)/b13-11-,17-15-,30-28+,38-36+. The monoisotopic (exact) mass is 658 g/mol. The van der Waals surface area contributed by atoms with Crippen molar-refractivity contribution in [3.63, 3.8) is 0 Å². The summed E-state index contributed by atoms with van der Waals surface area (Å²) in [6.07, 6.45) is 52.0. The zero-order valence-corrected chi connectivity index (χ0v) is 31.3. The second-order valence-electron chi connectivity index (χ2n) is 13.7. The fraction of sp³-hybridized carbons (Fsp3) is 0.791. The van der Waals surface area contributed by atoms with Crippen LogP contribution in [-0.2, 0) is 4.79 Å². The summed E-state index contributed by atoms with van der Waals surface area (Å²) in [5, 5.41) is 22.9. The highest BCUT2D eigenvalue weighted by atomic mass is 16.3. The van der Waals surface area contributed by atoms with Gasteiger partial charge in [-0.05, 0) is 57.8 Å². The van der Waals surface area contributed by atoms with E-state index in [4.69, 9.17) is 0 Å². The first-order chi connectivity index (χ1) is 23.2. The van der Waals surface area contributed by atoms with Crippen molar-refractivity contribution in [2.45, 2.75) is 212 Å². The summed E-state index contributed by atoms with van der Waals surface area (Å²) in [6, 6.07) is -0.640. The molecule has 0 heterocycles. The van der Waals surface area contributed by atoms with E-state index in [0.717, 1.165) is 32.1 Å². The van der Waals surface area contributed by atoms with Crippen LogP contribution in [-0.4, -0.2) is 34.9 Å². The van der Waals surface area contributed by atoms with E-state index in [1.165, 1.54) is 148 Å². The number of allylic oxidation sites excluding steroid dienone is 7. The van der Waals surface area contributed by atoms with Gasteiger partial charge in [-0.15, -0.1) is 0 Å². The Hall–Kier alpha value is -1.65. The Morgan fingerprint density at radius 2 is 0.894 bits per heavy atom. The quantitative estimate of drug-likeness (QED) is 0.0357. The fourth-order valence-electron chi connectivity index (χ4n) is 5.89. The summed E-state index contributed by atoms with van der Waals surface area (Å²) >= 11 is 0. The Labute approximate surface area is 293 Å². The summed E-state index contributed by atoms with van der Waals surface area (Å²) < 4.78 is 0. The van der Waals surface area contributed by atoms with Crippen LogP contribution in [0, 0.1) is 0 Å². The molecule has 0 spiro atoms. The SMILES string of the molecule is CCCCC/C=C\C=C/CCCCCCCCCCCCC(=O)NC(CO)C(O)/C=C/CC/C=C/CCCCCCCCCCCC. The molecule has 0 bridgehead atoms. The Morgan fingerprint density at radius 1 is 0.511 bits per heavy atom. The summed E-state index contributed by atoms with van der Waals surface area (Å²) in [5.41, 5.74) is 0. The lowest BCUT2D eigenvalue weighted by Gasteiger charge is -2.19. The van der Waals surface area contributed by atoms with Gasteiger partial charge in [0.2, 0.25) is 5.91 Å². The van der Waals surface area contributed by atoms with Crippen LogP contribution < -0.4 is 5.32 Å². The highest BCUT2D eigenvalue weighted by Gasteiger charge is 2.17. The molecule has 0 saturated carbocycles. The largest absolute Gasteiger partial charge is 0.394 e. The van der Waals surface area contributed by atoms with Crippen LogP contribution in [0.3, 0.4) is 0 Å². The second kappa shape index (κ2) is 38.8. The van der Waals surface area contributed by atoms with E-state index < -0.39 is 12.1 Å². The summed E-state index contributed by atoms with van der Waals surface area (Å²) in [4.78, 5) is 12.3. The van der Waals surface area contributed by atoms with E-state index in [1.54, 1.807) is 6.08 Å². The molecule has 1 amide bonds. The zero-order valence-electron chi connectivity index (χ0n) is 31.3. The van der Waals surface area contributed by atoms with Crippen LogP contribution in [0.4, 0.5) is 0 Å². The van der Waals surface area contributed by atoms with Crippen LogP contribution in [0.25, 0.3) is 0 Å². The molecule has 4 nitrogen and oxygen atoms in total. The van der Waals surface area contributed by atoms with Crippen molar-refractivity contribution < 1.29 is 15.0 Å². The molecule has 2 unspecified atom stereocenters. The highest BCUT2D eigenvalue weighted by Crippen LogP contribution is 2.13. The maximum absolute atomic E-state index is 12.3. The molecule has 0 rings (SSSR count). The average Bonchev–Trinajstić information content (AvgIpc) is 3.07. The number of rotatable bonds is 36.